The molecule has 0 spiro atoms. The van der Waals surface area contributed by atoms with Crippen molar-refractivity contribution in [3.05, 3.63) is 188 Å². The number of hydrogen-bond acceptors (Lipinski definition) is 3. The Morgan fingerprint density at radius 3 is 1.77 bits per heavy atom. The first-order valence-electron chi connectivity index (χ1n) is 18.0. The number of rotatable bonds is 5. The Morgan fingerprint density at radius 2 is 0.981 bits per heavy atom. The topological polar surface area (TPSA) is 16.4 Å². The van der Waals surface area contributed by atoms with Crippen molar-refractivity contribution in [1.82, 2.24) is 0 Å². The first-order valence-corrected chi connectivity index (χ1v) is 18.8. The molecule has 0 aliphatic carbocycles. The van der Waals surface area contributed by atoms with Crippen LogP contribution in [0.25, 0.3) is 85.9 Å². The van der Waals surface area contributed by atoms with Gasteiger partial charge in [-0.3, -0.25) is 0 Å². The molecule has 2 aromatic heterocycles. The Hall–Kier alpha value is -6.68. The molecular formula is C50H31NOS. The molecule has 2 heterocycles. The zero-order valence-electron chi connectivity index (χ0n) is 28.7. The van der Waals surface area contributed by atoms with E-state index in [1.807, 2.05) is 17.4 Å². The van der Waals surface area contributed by atoms with Crippen molar-refractivity contribution in [2.24, 2.45) is 0 Å². The monoisotopic (exact) mass is 693 g/mol. The first-order chi connectivity index (χ1) is 26.3. The highest BCUT2D eigenvalue weighted by atomic mass is 32.1. The molecule has 248 valence electrons. The molecule has 0 aliphatic heterocycles. The van der Waals surface area contributed by atoms with Gasteiger partial charge in [-0.05, 0) is 98.4 Å². The lowest BCUT2D eigenvalue weighted by Crippen LogP contribution is -2.10. The van der Waals surface area contributed by atoms with Gasteiger partial charge in [0, 0.05) is 37.6 Å². The van der Waals surface area contributed by atoms with Crippen LogP contribution in [-0.4, -0.2) is 0 Å². The largest absolute Gasteiger partial charge is 0.456 e. The van der Waals surface area contributed by atoms with Gasteiger partial charge in [0.1, 0.15) is 11.2 Å². The lowest BCUT2D eigenvalue weighted by Gasteiger charge is -2.26. The van der Waals surface area contributed by atoms with Crippen molar-refractivity contribution in [2.75, 3.05) is 4.90 Å². The third-order valence-electron chi connectivity index (χ3n) is 10.7. The predicted octanol–water partition coefficient (Wildman–Crippen LogP) is 15.1. The van der Waals surface area contributed by atoms with Crippen molar-refractivity contribution >= 4 is 92.1 Å². The van der Waals surface area contributed by atoms with Crippen LogP contribution in [0.2, 0.25) is 0 Å². The van der Waals surface area contributed by atoms with Gasteiger partial charge >= 0.3 is 0 Å². The number of fused-ring (bicyclic) bond motifs is 10. The number of hydrogen-bond donors (Lipinski definition) is 0. The van der Waals surface area contributed by atoms with Crippen LogP contribution >= 0.6 is 11.3 Å². The Labute approximate surface area is 310 Å². The second kappa shape index (κ2) is 11.9. The zero-order chi connectivity index (χ0) is 34.9. The summed E-state index contributed by atoms with van der Waals surface area (Å²) >= 11 is 1.86. The van der Waals surface area contributed by atoms with Gasteiger partial charge in [0.2, 0.25) is 0 Å². The molecule has 2 nitrogen and oxygen atoms in total. The number of nitrogens with zero attached hydrogens (tertiary/aromatic N) is 1. The number of thiophene rings is 1. The molecule has 11 rings (SSSR count). The maximum atomic E-state index is 6.31. The van der Waals surface area contributed by atoms with Crippen LogP contribution in [-0.2, 0) is 0 Å². The second-order valence-electron chi connectivity index (χ2n) is 13.7. The van der Waals surface area contributed by atoms with Crippen LogP contribution in [0.5, 0.6) is 0 Å². The molecule has 0 N–H and O–H groups in total. The van der Waals surface area contributed by atoms with Crippen LogP contribution in [0.3, 0.4) is 0 Å². The van der Waals surface area contributed by atoms with Crippen molar-refractivity contribution in [1.29, 1.82) is 0 Å². The standard InChI is InChI=1S/C50H31NOS/c1-2-11-32(12-3-1)33-21-25-36(26-22-33)51(37-27-23-34(24-28-37)44-31-35-13-4-5-14-38(35)39-15-6-7-16-40(39)44)45-19-10-18-41-42-29-30-47-48(50(42)53-49(41)45)43-17-8-9-20-46(43)52-47/h1-31H. The summed E-state index contributed by atoms with van der Waals surface area (Å²) in [4.78, 5) is 2.42. The molecule has 3 heteroatoms. The van der Waals surface area contributed by atoms with Crippen LogP contribution < -0.4 is 4.90 Å². The second-order valence-corrected chi connectivity index (χ2v) is 14.7. The molecular weight excluding hydrogens is 663 g/mol. The Morgan fingerprint density at radius 1 is 0.377 bits per heavy atom. The van der Waals surface area contributed by atoms with Crippen molar-refractivity contribution < 1.29 is 4.42 Å². The highest BCUT2D eigenvalue weighted by Gasteiger charge is 2.21. The Bertz CT molecular complexity index is 3150. The molecule has 0 saturated carbocycles. The van der Waals surface area contributed by atoms with Crippen molar-refractivity contribution in [3.8, 4) is 22.3 Å². The number of anilines is 3. The maximum absolute atomic E-state index is 6.31. The quantitative estimate of drug-likeness (QED) is 0.167. The molecule has 0 unspecified atom stereocenters. The third-order valence-corrected chi connectivity index (χ3v) is 11.9. The first kappa shape index (κ1) is 30.0. The van der Waals surface area contributed by atoms with Crippen LogP contribution in [0.4, 0.5) is 17.1 Å². The lowest BCUT2D eigenvalue weighted by atomic mass is 9.93. The summed E-state index contributed by atoms with van der Waals surface area (Å²) in [6, 6.07) is 67.9. The van der Waals surface area contributed by atoms with Gasteiger partial charge in [-0.25, -0.2) is 0 Å². The summed E-state index contributed by atoms with van der Waals surface area (Å²) in [5.74, 6) is 0. The molecule has 11 aromatic rings. The van der Waals surface area contributed by atoms with E-state index in [9.17, 15) is 0 Å². The molecule has 0 saturated heterocycles. The number of para-hydroxylation sites is 1. The van der Waals surface area contributed by atoms with E-state index in [4.69, 9.17) is 4.42 Å². The number of furan rings is 1. The molecule has 0 radical (unpaired) electrons. The van der Waals surface area contributed by atoms with Gasteiger partial charge in [-0.2, -0.15) is 0 Å². The summed E-state index contributed by atoms with van der Waals surface area (Å²) < 4.78 is 8.82. The average Bonchev–Trinajstić information content (AvgIpc) is 3.81. The van der Waals surface area contributed by atoms with E-state index < -0.39 is 0 Å². The minimum Gasteiger partial charge on any atom is -0.456 e. The normalized spacial score (nSPS) is 11.8. The summed E-state index contributed by atoms with van der Waals surface area (Å²) in [7, 11) is 0. The minimum atomic E-state index is 0.923. The molecule has 9 aromatic carbocycles. The summed E-state index contributed by atoms with van der Waals surface area (Å²) in [5, 5.41) is 9.93. The maximum Gasteiger partial charge on any atom is 0.136 e. The summed E-state index contributed by atoms with van der Waals surface area (Å²) in [6.45, 7) is 0. The van der Waals surface area contributed by atoms with Gasteiger partial charge in [0.15, 0.2) is 0 Å². The molecule has 0 aliphatic rings. The summed E-state index contributed by atoms with van der Waals surface area (Å²) in [6.07, 6.45) is 0. The minimum absolute atomic E-state index is 0.923. The van der Waals surface area contributed by atoms with E-state index in [0.717, 1.165) is 33.6 Å². The zero-order valence-corrected chi connectivity index (χ0v) is 29.5. The molecule has 0 amide bonds. The van der Waals surface area contributed by atoms with Gasteiger partial charge in [0.25, 0.3) is 0 Å². The third kappa shape index (κ3) is 4.78. The van der Waals surface area contributed by atoms with Crippen LogP contribution in [0.15, 0.2) is 192 Å². The van der Waals surface area contributed by atoms with E-state index in [0.29, 0.717) is 0 Å². The molecule has 0 bridgehead atoms. The van der Waals surface area contributed by atoms with Crippen LogP contribution in [0.1, 0.15) is 0 Å². The van der Waals surface area contributed by atoms with Gasteiger partial charge in [-0.1, -0.05) is 133 Å². The van der Waals surface area contributed by atoms with Crippen LogP contribution in [0, 0.1) is 0 Å². The van der Waals surface area contributed by atoms with E-state index in [-0.39, 0.29) is 0 Å². The Balaban J connectivity index is 1.11. The SMILES string of the molecule is c1ccc(-c2ccc(N(c3ccc(-c4cc5ccccc5c5ccccc45)cc3)c3cccc4c3sc3c4ccc4oc5ccccc5c43)cc2)cc1. The van der Waals surface area contributed by atoms with E-state index in [1.54, 1.807) is 0 Å². The van der Waals surface area contributed by atoms with Crippen molar-refractivity contribution in [2.45, 2.75) is 0 Å². The fourth-order valence-electron chi connectivity index (χ4n) is 8.17. The van der Waals surface area contributed by atoms with Crippen molar-refractivity contribution in [3.63, 3.8) is 0 Å². The van der Waals surface area contributed by atoms with E-state index in [1.165, 1.54) is 69.4 Å². The number of benzene rings is 9. The highest BCUT2D eigenvalue weighted by molar-refractivity contribution is 7.27. The Kier molecular flexibility index (Phi) is 6.76. The van der Waals surface area contributed by atoms with Gasteiger partial charge in [-0.15, -0.1) is 11.3 Å². The molecule has 0 atom stereocenters. The molecule has 0 fully saturated rings. The lowest BCUT2D eigenvalue weighted by molar-refractivity contribution is 0.669. The van der Waals surface area contributed by atoms with Gasteiger partial charge in [0.05, 0.1) is 10.4 Å². The fraction of sp³-hybridized carbons (Fsp3) is 0. The summed E-state index contributed by atoms with van der Waals surface area (Å²) in [5.41, 5.74) is 10.1. The smallest absolute Gasteiger partial charge is 0.136 e. The van der Waals surface area contributed by atoms with E-state index in [2.05, 4.69) is 187 Å². The highest BCUT2D eigenvalue weighted by Crippen LogP contribution is 2.48. The average molecular weight is 694 g/mol. The predicted molar refractivity (Wildman–Crippen MR) is 227 cm³/mol. The van der Waals surface area contributed by atoms with Gasteiger partial charge < -0.3 is 9.32 Å². The molecule has 53 heavy (non-hydrogen) atoms. The fourth-order valence-corrected chi connectivity index (χ4v) is 9.53. The van der Waals surface area contributed by atoms with E-state index >= 15 is 0 Å².